The van der Waals surface area contributed by atoms with E-state index >= 15 is 0 Å². The summed E-state index contributed by atoms with van der Waals surface area (Å²) in [5, 5.41) is 11.2. The first kappa shape index (κ1) is 28.6. The van der Waals surface area contributed by atoms with Crippen LogP contribution in [-0.2, 0) is 26.4 Å². The zero-order valence-electron chi connectivity index (χ0n) is 21.0. The van der Waals surface area contributed by atoms with Crippen molar-refractivity contribution in [3.63, 3.8) is 0 Å². The quantitative estimate of drug-likeness (QED) is 0.180. The van der Waals surface area contributed by atoms with Gasteiger partial charge in [0, 0.05) is 24.0 Å². The standard InChI is InChI=1S/C23H23N7O10S/c31-17-10-15(24-11-18(17)40-13-14-4-2-1-3-5-14)6-7-19(32)26-29-8-9-30(23(29)37)41(38,39)27-21(34)28-12-16(20(28)33)25-22(35)36/h1-7,10-11,16,25H,8-9,12-13H2,(H,24,31)(H,26,32)(H,27,34)(H,35,36). The Hall–Kier alpha value is -5.39. The fraction of sp³-hybridized carbons (Fsp3) is 0.217. The number of aromatic nitrogens is 1. The first-order valence-corrected chi connectivity index (χ1v) is 13.2. The van der Waals surface area contributed by atoms with Crippen LogP contribution in [0.15, 0.2) is 53.5 Å². The molecule has 1 aromatic carbocycles. The molecule has 2 aliphatic rings. The average molecular weight is 590 g/mol. The Labute approximate surface area is 231 Å². The van der Waals surface area contributed by atoms with E-state index in [4.69, 9.17) is 9.84 Å². The number of aromatic amines is 1. The average Bonchev–Trinajstić information content (AvgIpc) is 3.29. The largest absolute Gasteiger partial charge is 0.483 e. The molecule has 5 N–H and O–H groups in total. The molecule has 0 spiro atoms. The van der Waals surface area contributed by atoms with E-state index in [1.54, 1.807) is 4.72 Å². The third-order valence-electron chi connectivity index (χ3n) is 5.75. The van der Waals surface area contributed by atoms with Crippen LogP contribution in [0.2, 0.25) is 0 Å². The first-order chi connectivity index (χ1) is 19.4. The van der Waals surface area contributed by atoms with Crippen molar-refractivity contribution in [1.82, 2.24) is 34.7 Å². The van der Waals surface area contributed by atoms with Gasteiger partial charge in [0.2, 0.25) is 5.43 Å². The van der Waals surface area contributed by atoms with Crippen LogP contribution in [0.1, 0.15) is 11.3 Å². The fourth-order valence-corrected chi connectivity index (χ4v) is 4.75. The molecule has 3 heterocycles. The van der Waals surface area contributed by atoms with E-state index in [2.05, 4.69) is 10.4 Å². The number of imide groups is 1. The zero-order valence-corrected chi connectivity index (χ0v) is 21.8. The first-order valence-electron chi connectivity index (χ1n) is 11.8. The highest BCUT2D eigenvalue weighted by Gasteiger charge is 2.45. The SMILES string of the molecule is O=C(O)NC1CN(C(=O)NS(=O)(=O)N2CCN(NC(=O)C=Cc3cc(=O)c(OCc4ccccc4)c[nH]3)C2=O)C1=O. The minimum absolute atomic E-state index is 0.0710. The van der Waals surface area contributed by atoms with E-state index in [1.165, 1.54) is 18.3 Å². The molecule has 0 aliphatic carbocycles. The maximum absolute atomic E-state index is 12.5. The van der Waals surface area contributed by atoms with Gasteiger partial charge in [0.15, 0.2) is 5.75 Å². The van der Waals surface area contributed by atoms with E-state index in [9.17, 15) is 37.2 Å². The van der Waals surface area contributed by atoms with Crippen LogP contribution in [0.3, 0.4) is 0 Å². The molecule has 17 nitrogen and oxygen atoms in total. The minimum atomic E-state index is -4.76. The molecule has 1 atom stereocenters. The molecule has 216 valence electrons. The Balaban J connectivity index is 1.28. The number of pyridine rings is 1. The molecule has 0 saturated carbocycles. The van der Waals surface area contributed by atoms with Gasteiger partial charge < -0.3 is 20.1 Å². The van der Waals surface area contributed by atoms with Crippen LogP contribution in [0.5, 0.6) is 5.75 Å². The van der Waals surface area contributed by atoms with E-state index in [-0.39, 0.29) is 28.9 Å². The number of hydrazine groups is 1. The normalized spacial score (nSPS) is 16.9. The zero-order chi connectivity index (χ0) is 29.7. The lowest BCUT2D eigenvalue weighted by molar-refractivity contribution is -0.139. The summed E-state index contributed by atoms with van der Waals surface area (Å²) in [7, 11) is -4.76. The lowest BCUT2D eigenvalue weighted by Crippen LogP contribution is -2.67. The number of H-pyrrole nitrogens is 1. The maximum atomic E-state index is 12.5. The molecule has 2 fully saturated rings. The summed E-state index contributed by atoms with van der Waals surface area (Å²) in [5.41, 5.74) is 2.87. The van der Waals surface area contributed by atoms with Crippen LogP contribution >= 0.6 is 0 Å². The second-order valence-electron chi connectivity index (χ2n) is 8.57. The smallest absolute Gasteiger partial charge is 0.405 e. The number of rotatable bonds is 9. The summed E-state index contributed by atoms with van der Waals surface area (Å²) >= 11 is 0. The Morgan fingerprint density at radius 3 is 2.51 bits per heavy atom. The number of ether oxygens (including phenoxy) is 1. The molecule has 2 aliphatic heterocycles. The number of nitrogens with zero attached hydrogens (tertiary/aromatic N) is 3. The number of nitrogens with one attached hydrogen (secondary N) is 4. The number of benzene rings is 1. The molecule has 4 rings (SSSR count). The molecule has 0 radical (unpaired) electrons. The van der Waals surface area contributed by atoms with Crippen molar-refractivity contribution in [2.45, 2.75) is 12.6 Å². The number of β-lactam (4-membered cyclic amide) rings is 1. The van der Waals surface area contributed by atoms with Gasteiger partial charge in [-0.25, -0.2) is 28.4 Å². The number of hydrogen-bond donors (Lipinski definition) is 5. The fourth-order valence-electron chi connectivity index (χ4n) is 3.68. The minimum Gasteiger partial charge on any atom is -0.483 e. The molecule has 0 bridgehead atoms. The molecule has 41 heavy (non-hydrogen) atoms. The number of carbonyl (C=O) groups is 5. The molecule has 2 saturated heterocycles. The van der Waals surface area contributed by atoms with Gasteiger partial charge in [0.25, 0.3) is 11.8 Å². The lowest BCUT2D eigenvalue weighted by Gasteiger charge is -2.36. The van der Waals surface area contributed by atoms with Crippen LogP contribution < -0.4 is 25.6 Å². The Kier molecular flexibility index (Phi) is 8.22. The lowest BCUT2D eigenvalue weighted by atomic mass is 10.1. The van der Waals surface area contributed by atoms with Gasteiger partial charge in [-0.05, 0) is 11.6 Å². The molecule has 1 aromatic heterocycles. The van der Waals surface area contributed by atoms with Gasteiger partial charge in [0.1, 0.15) is 12.6 Å². The predicted molar refractivity (Wildman–Crippen MR) is 138 cm³/mol. The van der Waals surface area contributed by atoms with Gasteiger partial charge in [0.05, 0.1) is 19.6 Å². The van der Waals surface area contributed by atoms with E-state index in [0.29, 0.717) is 9.91 Å². The topological polar surface area (TPSA) is 228 Å². The number of carboxylic acid groups (broad SMARTS) is 1. The Morgan fingerprint density at radius 2 is 1.85 bits per heavy atom. The van der Waals surface area contributed by atoms with E-state index < -0.39 is 64.7 Å². The summed E-state index contributed by atoms with van der Waals surface area (Å²) in [5.74, 6) is -1.72. The highest BCUT2D eigenvalue weighted by molar-refractivity contribution is 7.88. The second kappa shape index (κ2) is 11.8. The van der Waals surface area contributed by atoms with Crippen molar-refractivity contribution < 1.29 is 42.2 Å². The van der Waals surface area contributed by atoms with Crippen molar-refractivity contribution >= 4 is 46.3 Å². The molecule has 2 aromatic rings. The van der Waals surface area contributed by atoms with Gasteiger partial charge in [-0.3, -0.25) is 24.7 Å². The number of amides is 7. The number of likely N-dealkylation sites (tertiary alicyclic amines) is 1. The van der Waals surface area contributed by atoms with Gasteiger partial charge >= 0.3 is 28.4 Å². The molecule has 7 amide bonds. The highest BCUT2D eigenvalue weighted by Crippen LogP contribution is 2.14. The highest BCUT2D eigenvalue weighted by atomic mass is 32.2. The van der Waals surface area contributed by atoms with Crippen molar-refractivity contribution in [2.75, 3.05) is 19.6 Å². The third-order valence-corrected chi connectivity index (χ3v) is 7.10. The summed E-state index contributed by atoms with van der Waals surface area (Å²) < 4.78 is 32.4. The molecular formula is C23H23N7O10S. The number of hydrogen-bond acceptors (Lipinski definition) is 9. The van der Waals surface area contributed by atoms with Gasteiger partial charge in [-0.1, -0.05) is 30.3 Å². The van der Waals surface area contributed by atoms with Crippen molar-refractivity contribution in [3.05, 3.63) is 70.2 Å². The summed E-state index contributed by atoms with van der Waals surface area (Å²) in [6.07, 6.45) is 2.09. The Bertz CT molecular complexity index is 1570. The molecule has 1 unspecified atom stereocenters. The second-order valence-corrected chi connectivity index (χ2v) is 10.2. The van der Waals surface area contributed by atoms with Crippen LogP contribution in [0, 0.1) is 0 Å². The molecule has 18 heteroatoms. The van der Waals surface area contributed by atoms with Crippen LogP contribution in [-0.4, -0.2) is 88.4 Å². The predicted octanol–water partition coefficient (Wildman–Crippen LogP) is -0.831. The van der Waals surface area contributed by atoms with Crippen LogP contribution in [0.4, 0.5) is 14.4 Å². The summed E-state index contributed by atoms with van der Waals surface area (Å²) in [6.45, 7) is -0.905. The van der Waals surface area contributed by atoms with Crippen molar-refractivity contribution in [1.29, 1.82) is 0 Å². The third kappa shape index (κ3) is 6.79. The molecular weight excluding hydrogens is 566 g/mol. The number of urea groups is 2. The summed E-state index contributed by atoms with van der Waals surface area (Å²) in [4.78, 5) is 75.0. The van der Waals surface area contributed by atoms with Crippen molar-refractivity contribution in [2.24, 2.45) is 0 Å². The van der Waals surface area contributed by atoms with Crippen molar-refractivity contribution in [3.8, 4) is 5.75 Å². The van der Waals surface area contributed by atoms with Crippen LogP contribution in [0.25, 0.3) is 6.08 Å². The van der Waals surface area contributed by atoms with E-state index in [1.807, 2.05) is 35.6 Å². The van der Waals surface area contributed by atoms with Gasteiger partial charge in [-0.15, -0.1) is 0 Å². The Morgan fingerprint density at radius 1 is 1.12 bits per heavy atom. The summed E-state index contributed by atoms with van der Waals surface area (Å²) in [6, 6.07) is 6.66. The number of carbonyl (C=O) groups excluding carboxylic acids is 4. The van der Waals surface area contributed by atoms with Gasteiger partial charge in [-0.2, -0.15) is 8.42 Å². The monoisotopic (exact) mass is 589 g/mol. The maximum Gasteiger partial charge on any atom is 0.405 e. The van der Waals surface area contributed by atoms with E-state index in [0.717, 1.165) is 11.6 Å².